The van der Waals surface area contributed by atoms with E-state index in [9.17, 15) is 9.18 Å². The van der Waals surface area contributed by atoms with Crippen molar-refractivity contribution in [2.24, 2.45) is 0 Å². The fourth-order valence-corrected chi connectivity index (χ4v) is 1.55. The number of aromatic amines is 1. The van der Waals surface area contributed by atoms with Crippen LogP contribution in [0.25, 0.3) is 0 Å². The Hall–Kier alpha value is -1.95. The Morgan fingerprint density at radius 3 is 3.00 bits per heavy atom. The number of H-pyrrole nitrogens is 1. The lowest BCUT2D eigenvalue weighted by atomic mass is 10.1. The van der Waals surface area contributed by atoms with Crippen LogP contribution in [0.15, 0.2) is 23.3 Å². The van der Waals surface area contributed by atoms with Crippen LogP contribution in [0.3, 0.4) is 0 Å². The van der Waals surface area contributed by atoms with Gasteiger partial charge in [0.2, 0.25) is 0 Å². The number of aromatic nitrogens is 3. The highest BCUT2D eigenvalue weighted by Gasteiger charge is 2.11. The quantitative estimate of drug-likeness (QED) is 0.841. The van der Waals surface area contributed by atoms with Crippen molar-refractivity contribution in [3.8, 4) is 0 Å². The van der Waals surface area contributed by atoms with Crippen molar-refractivity contribution < 1.29 is 4.39 Å². The molecule has 0 fully saturated rings. The molecule has 0 unspecified atom stereocenters. The molecule has 5 nitrogen and oxygen atoms in total. The van der Waals surface area contributed by atoms with Crippen molar-refractivity contribution in [1.82, 2.24) is 15.2 Å². The monoisotopic (exact) mass is 254 g/mol. The minimum Gasteiger partial charge on any atom is -0.381 e. The lowest BCUT2D eigenvalue weighted by molar-refractivity contribution is 0.613. The first-order valence-corrected chi connectivity index (χ1v) is 5.08. The Kier molecular flexibility index (Phi) is 3.06. The van der Waals surface area contributed by atoms with Crippen molar-refractivity contribution in [3.05, 3.63) is 50.8 Å². The van der Waals surface area contributed by atoms with E-state index in [1.54, 1.807) is 0 Å². The molecule has 2 aromatic heterocycles. The molecular weight excluding hydrogens is 247 g/mol. The van der Waals surface area contributed by atoms with E-state index in [4.69, 9.17) is 17.3 Å². The number of hydrogen-bond acceptors (Lipinski definition) is 4. The third-order valence-corrected chi connectivity index (χ3v) is 2.66. The first kappa shape index (κ1) is 11.5. The smallest absolute Gasteiger partial charge is 0.283 e. The average Bonchev–Trinajstić information content (AvgIpc) is 2.31. The van der Waals surface area contributed by atoms with Crippen LogP contribution in [0.4, 0.5) is 10.2 Å². The van der Waals surface area contributed by atoms with Gasteiger partial charge in [-0.05, 0) is 11.6 Å². The van der Waals surface area contributed by atoms with E-state index >= 15 is 0 Å². The molecule has 3 N–H and O–H groups in total. The van der Waals surface area contributed by atoms with Crippen LogP contribution >= 0.6 is 11.6 Å². The number of rotatable bonds is 2. The molecule has 0 aliphatic heterocycles. The Labute approximate surface area is 100 Å². The van der Waals surface area contributed by atoms with Crippen molar-refractivity contribution in [2.75, 3.05) is 5.73 Å². The van der Waals surface area contributed by atoms with Crippen molar-refractivity contribution in [3.63, 3.8) is 0 Å². The Bertz CT molecular complexity index is 613. The zero-order valence-corrected chi connectivity index (χ0v) is 9.33. The molecular formula is C10H8ClFN4O. The summed E-state index contributed by atoms with van der Waals surface area (Å²) >= 11 is 5.78. The fourth-order valence-electron chi connectivity index (χ4n) is 1.39. The number of nitrogens with zero attached hydrogens (tertiary/aromatic N) is 2. The number of hydrogen-bond donors (Lipinski definition) is 2. The third kappa shape index (κ3) is 2.26. The highest BCUT2D eigenvalue weighted by atomic mass is 35.5. The van der Waals surface area contributed by atoms with E-state index in [1.807, 2.05) is 0 Å². The second-order valence-electron chi connectivity index (χ2n) is 3.38. The number of anilines is 1. The molecule has 17 heavy (non-hydrogen) atoms. The molecule has 2 rings (SSSR count). The number of halogens is 2. The van der Waals surface area contributed by atoms with Gasteiger partial charge in [-0.3, -0.25) is 4.79 Å². The van der Waals surface area contributed by atoms with E-state index in [0.29, 0.717) is 11.1 Å². The molecule has 88 valence electrons. The SMILES string of the molecule is Nc1nccc(Cc2cn[nH]c(=O)c2Cl)c1F. The molecule has 0 saturated heterocycles. The number of nitrogens with two attached hydrogens (primary N) is 1. The number of nitrogens with one attached hydrogen (secondary N) is 1. The van der Waals surface area contributed by atoms with Gasteiger partial charge in [-0.1, -0.05) is 11.6 Å². The zero-order chi connectivity index (χ0) is 12.4. The summed E-state index contributed by atoms with van der Waals surface area (Å²) in [4.78, 5) is 14.8. The van der Waals surface area contributed by atoms with Crippen molar-refractivity contribution in [1.29, 1.82) is 0 Å². The topological polar surface area (TPSA) is 84.7 Å². The van der Waals surface area contributed by atoms with Gasteiger partial charge in [-0.15, -0.1) is 0 Å². The van der Waals surface area contributed by atoms with Crippen LogP contribution in [0.5, 0.6) is 0 Å². The molecule has 0 aromatic carbocycles. The van der Waals surface area contributed by atoms with Gasteiger partial charge >= 0.3 is 0 Å². The highest BCUT2D eigenvalue weighted by Crippen LogP contribution is 2.18. The summed E-state index contributed by atoms with van der Waals surface area (Å²) in [6.45, 7) is 0. The highest BCUT2D eigenvalue weighted by molar-refractivity contribution is 6.31. The fraction of sp³-hybridized carbons (Fsp3) is 0.100. The van der Waals surface area contributed by atoms with Gasteiger partial charge in [0.05, 0.1) is 6.20 Å². The predicted octanol–water partition coefficient (Wildman–Crippen LogP) is 1.13. The van der Waals surface area contributed by atoms with Crippen molar-refractivity contribution in [2.45, 2.75) is 6.42 Å². The third-order valence-electron chi connectivity index (χ3n) is 2.24. The first-order valence-electron chi connectivity index (χ1n) is 4.70. The van der Waals surface area contributed by atoms with Gasteiger partial charge in [0.25, 0.3) is 5.56 Å². The molecule has 0 radical (unpaired) electrons. The van der Waals surface area contributed by atoms with Gasteiger partial charge in [-0.25, -0.2) is 14.5 Å². The van der Waals surface area contributed by atoms with Crippen LogP contribution in [0.2, 0.25) is 5.02 Å². The van der Waals surface area contributed by atoms with Gasteiger partial charge in [0.1, 0.15) is 5.02 Å². The predicted molar refractivity (Wildman–Crippen MR) is 61.3 cm³/mol. The van der Waals surface area contributed by atoms with Gasteiger partial charge in [0, 0.05) is 18.2 Å². The Balaban J connectivity index is 2.42. The molecule has 2 aromatic rings. The zero-order valence-electron chi connectivity index (χ0n) is 8.58. The Morgan fingerprint density at radius 2 is 2.24 bits per heavy atom. The largest absolute Gasteiger partial charge is 0.381 e. The van der Waals surface area contributed by atoms with Crippen LogP contribution < -0.4 is 11.3 Å². The van der Waals surface area contributed by atoms with Crippen LogP contribution in [0, 0.1) is 5.82 Å². The maximum Gasteiger partial charge on any atom is 0.283 e. The van der Waals surface area contributed by atoms with Crippen molar-refractivity contribution >= 4 is 17.4 Å². The second kappa shape index (κ2) is 4.50. The maximum atomic E-state index is 13.6. The molecule has 7 heteroatoms. The van der Waals surface area contributed by atoms with E-state index in [2.05, 4.69) is 15.2 Å². The molecule has 0 atom stereocenters. The first-order chi connectivity index (χ1) is 8.09. The lowest BCUT2D eigenvalue weighted by Gasteiger charge is -2.05. The molecule has 0 spiro atoms. The van der Waals surface area contributed by atoms with E-state index < -0.39 is 11.4 Å². The summed E-state index contributed by atoms with van der Waals surface area (Å²) in [6, 6.07) is 1.48. The minimum atomic E-state index is -0.608. The van der Waals surface area contributed by atoms with Gasteiger partial charge in [0.15, 0.2) is 11.6 Å². The summed E-state index contributed by atoms with van der Waals surface area (Å²) in [7, 11) is 0. The van der Waals surface area contributed by atoms with Gasteiger partial charge in [-0.2, -0.15) is 5.10 Å². The normalized spacial score (nSPS) is 10.5. The van der Waals surface area contributed by atoms with E-state index in [-0.39, 0.29) is 17.3 Å². The molecule has 0 amide bonds. The molecule has 0 bridgehead atoms. The summed E-state index contributed by atoms with van der Waals surface area (Å²) in [5.74, 6) is -0.791. The standard InChI is InChI=1S/C10H8ClFN4O/c11-7-6(4-15-16-10(7)17)3-5-1-2-14-9(13)8(5)12/h1-2,4H,3H2,(H2,13,14)(H,16,17). The number of pyridine rings is 1. The molecule has 0 saturated carbocycles. The maximum absolute atomic E-state index is 13.6. The van der Waals surface area contributed by atoms with E-state index in [1.165, 1.54) is 18.5 Å². The average molecular weight is 255 g/mol. The minimum absolute atomic E-state index is 0.00483. The van der Waals surface area contributed by atoms with Crippen LogP contribution in [0.1, 0.15) is 11.1 Å². The summed E-state index contributed by atoms with van der Waals surface area (Å²) in [6.07, 6.45) is 2.90. The Morgan fingerprint density at radius 1 is 1.47 bits per heavy atom. The summed E-state index contributed by atoms with van der Waals surface area (Å²) < 4.78 is 13.6. The molecule has 2 heterocycles. The second-order valence-corrected chi connectivity index (χ2v) is 3.76. The lowest BCUT2D eigenvalue weighted by Crippen LogP contribution is -2.11. The summed E-state index contributed by atoms with van der Waals surface area (Å²) in [5, 5.41) is 5.78. The van der Waals surface area contributed by atoms with Gasteiger partial charge < -0.3 is 5.73 Å². The molecule has 0 aliphatic rings. The number of nitrogen functional groups attached to an aromatic ring is 1. The molecule has 0 aliphatic carbocycles. The summed E-state index contributed by atoms with van der Waals surface area (Å²) in [5.41, 5.74) is 5.57. The van der Waals surface area contributed by atoms with E-state index in [0.717, 1.165) is 0 Å². The van der Waals surface area contributed by atoms with Crippen LogP contribution in [-0.2, 0) is 6.42 Å². The van der Waals surface area contributed by atoms with Crippen LogP contribution in [-0.4, -0.2) is 15.2 Å².